The van der Waals surface area contributed by atoms with Crippen LogP contribution in [0.3, 0.4) is 0 Å². The maximum Gasteiger partial charge on any atom is 0.143 e. The molecule has 0 aliphatic carbocycles. The maximum atomic E-state index is 9.31. The molecule has 0 bridgehead atoms. The highest BCUT2D eigenvalue weighted by Crippen LogP contribution is 2.31. The van der Waals surface area contributed by atoms with Crippen LogP contribution < -0.4 is 11.5 Å². The molecule has 60 valence electrons. The van der Waals surface area contributed by atoms with Gasteiger partial charge in [0.25, 0.3) is 0 Å². The van der Waals surface area contributed by atoms with Crippen LogP contribution in [0.15, 0.2) is 6.07 Å². The predicted molar refractivity (Wildman–Crippen MR) is 46.4 cm³/mol. The number of phenols is 1. The van der Waals surface area contributed by atoms with Gasteiger partial charge in [0, 0.05) is 11.3 Å². The molecule has 3 heteroatoms. The molecule has 0 aromatic heterocycles. The molecule has 0 saturated heterocycles. The van der Waals surface area contributed by atoms with E-state index in [0.29, 0.717) is 16.9 Å². The lowest BCUT2D eigenvalue weighted by Gasteiger charge is -2.08. The molecule has 0 amide bonds. The van der Waals surface area contributed by atoms with E-state index < -0.39 is 0 Å². The van der Waals surface area contributed by atoms with Crippen molar-refractivity contribution in [2.45, 2.75) is 13.8 Å². The van der Waals surface area contributed by atoms with Crippen LogP contribution in [0.4, 0.5) is 11.4 Å². The van der Waals surface area contributed by atoms with Gasteiger partial charge in [0.2, 0.25) is 0 Å². The average molecular weight is 152 g/mol. The molecular weight excluding hydrogens is 140 g/mol. The summed E-state index contributed by atoms with van der Waals surface area (Å²) in [6, 6.07) is 1.66. The molecule has 1 aromatic carbocycles. The Morgan fingerprint density at radius 2 is 1.82 bits per heavy atom. The van der Waals surface area contributed by atoms with Crippen LogP contribution in [0.2, 0.25) is 0 Å². The Labute approximate surface area is 65.6 Å². The van der Waals surface area contributed by atoms with Crippen molar-refractivity contribution in [1.82, 2.24) is 0 Å². The topological polar surface area (TPSA) is 72.3 Å². The summed E-state index contributed by atoms with van der Waals surface area (Å²) in [6.45, 7) is 3.60. The summed E-state index contributed by atoms with van der Waals surface area (Å²) >= 11 is 0. The zero-order chi connectivity index (χ0) is 8.59. The number of phenolic OH excluding ortho intramolecular Hbond substituents is 1. The molecule has 0 unspecified atom stereocenters. The maximum absolute atomic E-state index is 9.31. The second-order valence-corrected chi connectivity index (χ2v) is 2.67. The summed E-state index contributed by atoms with van der Waals surface area (Å²) in [5, 5.41) is 9.31. The molecule has 1 aromatic rings. The fraction of sp³-hybridized carbons (Fsp3) is 0.250. The lowest BCUT2D eigenvalue weighted by molar-refractivity contribution is 0.474. The van der Waals surface area contributed by atoms with Gasteiger partial charge in [0.1, 0.15) is 5.75 Å². The monoisotopic (exact) mass is 152 g/mol. The Morgan fingerprint density at radius 1 is 1.27 bits per heavy atom. The predicted octanol–water partition coefficient (Wildman–Crippen LogP) is 1.17. The molecule has 1 rings (SSSR count). The molecule has 0 aliphatic rings. The summed E-state index contributed by atoms with van der Waals surface area (Å²) in [6.07, 6.45) is 0. The zero-order valence-electron chi connectivity index (χ0n) is 6.68. The second-order valence-electron chi connectivity index (χ2n) is 2.67. The minimum atomic E-state index is 0.0908. The number of hydrogen-bond donors (Lipinski definition) is 3. The largest absolute Gasteiger partial charge is 0.505 e. The van der Waals surface area contributed by atoms with Crippen molar-refractivity contribution in [3.8, 4) is 5.75 Å². The zero-order valence-corrected chi connectivity index (χ0v) is 6.68. The highest BCUT2D eigenvalue weighted by molar-refractivity contribution is 5.68. The van der Waals surface area contributed by atoms with E-state index in [1.54, 1.807) is 13.0 Å². The molecular formula is C8H12N2O. The first-order valence-electron chi connectivity index (χ1n) is 3.38. The number of nitrogen functional groups attached to an aromatic ring is 2. The summed E-state index contributed by atoms with van der Waals surface area (Å²) in [7, 11) is 0. The van der Waals surface area contributed by atoms with Crippen LogP contribution in [0.1, 0.15) is 11.1 Å². The van der Waals surface area contributed by atoms with Crippen molar-refractivity contribution < 1.29 is 5.11 Å². The van der Waals surface area contributed by atoms with Crippen molar-refractivity contribution >= 4 is 11.4 Å². The number of hydrogen-bond acceptors (Lipinski definition) is 3. The number of anilines is 2. The van der Waals surface area contributed by atoms with Crippen LogP contribution in [0.25, 0.3) is 0 Å². The van der Waals surface area contributed by atoms with Crippen molar-refractivity contribution in [1.29, 1.82) is 0 Å². The van der Waals surface area contributed by atoms with Gasteiger partial charge in [-0.3, -0.25) is 0 Å². The van der Waals surface area contributed by atoms with Crippen LogP contribution >= 0.6 is 0 Å². The van der Waals surface area contributed by atoms with E-state index in [0.717, 1.165) is 5.56 Å². The highest BCUT2D eigenvalue weighted by Gasteiger charge is 2.06. The van der Waals surface area contributed by atoms with E-state index in [1.807, 2.05) is 6.92 Å². The van der Waals surface area contributed by atoms with E-state index in [1.165, 1.54) is 0 Å². The van der Waals surface area contributed by atoms with E-state index in [4.69, 9.17) is 11.5 Å². The number of nitrogens with two attached hydrogens (primary N) is 2. The molecule has 0 saturated carbocycles. The van der Waals surface area contributed by atoms with E-state index in [2.05, 4.69) is 0 Å². The Balaban J connectivity index is 3.46. The van der Waals surface area contributed by atoms with E-state index in [-0.39, 0.29) is 5.75 Å². The molecule has 0 radical (unpaired) electrons. The third-order valence-electron chi connectivity index (χ3n) is 1.83. The molecule has 0 spiro atoms. The summed E-state index contributed by atoms with van der Waals surface area (Å²) < 4.78 is 0. The summed E-state index contributed by atoms with van der Waals surface area (Å²) in [5.41, 5.74) is 13.7. The van der Waals surface area contributed by atoms with Gasteiger partial charge >= 0.3 is 0 Å². The third-order valence-corrected chi connectivity index (χ3v) is 1.83. The van der Waals surface area contributed by atoms with Crippen LogP contribution in [-0.4, -0.2) is 5.11 Å². The summed E-state index contributed by atoms with van der Waals surface area (Å²) in [4.78, 5) is 0. The first kappa shape index (κ1) is 7.72. The molecule has 0 heterocycles. The highest BCUT2D eigenvalue weighted by atomic mass is 16.3. The molecule has 0 fully saturated rings. The molecule has 0 aliphatic heterocycles. The van der Waals surface area contributed by atoms with E-state index in [9.17, 15) is 5.11 Å². The van der Waals surface area contributed by atoms with Gasteiger partial charge in [-0.25, -0.2) is 0 Å². The molecule has 11 heavy (non-hydrogen) atoms. The second kappa shape index (κ2) is 2.34. The van der Waals surface area contributed by atoms with Crippen LogP contribution in [-0.2, 0) is 0 Å². The van der Waals surface area contributed by atoms with Crippen molar-refractivity contribution in [3.63, 3.8) is 0 Å². The standard InChI is InChI=1S/C8H12N2O/c1-4-3-6(9)8(11)5(2)7(4)10/h3,11H,9-10H2,1-2H3. The number of benzene rings is 1. The van der Waals surface area contributed by atoms with Gasteiger partial charge in [-0.2, -0.15) is 0 Å². The minimum absolute atomic E-state index is 0.0908. The SMILES string of the molecule is Cc1cc(N)c(O)c(C)c1N. The van der Waals surface area contributed by atoms with Crippen LogP contribution in [0, 0.1) is 13.8 Å². The molecule has 5 N–H and O–H groups in total. The van der Waals surface area contributed by atoms with Gasteiger partial charge in [-0.1, -0.05) is 0 Å². The lowest BCUT2D eigenvalue weighted by atomic mass is 10.1. The van der Waals surface area contributed by atoms with Crippen molar-refractivity contribution in [2.75, 3.05) is 11.5 Å². The Bertz CT molecular complexity index is 268. The lowest BCUT2D eigenvalue weighted by Crippen LogP contribution is -1.97. The van der Waals surface area contributed by atoms with Gasteiger partial charge in [-0.05, 0) is 25.5 Å². The van der Waals surface area contributed by atoms with Gasteiger partial charge in [-0.15, -0.1) is 0 Å². The number of aromatic hydroxyl groups is 1. The minimum Gasteiger partial charge on any atom is -0.505 e. The number of rotatable bonds is 0. The first-order valence-corrected chi connectivity index (χ1v) is 3.38. The number of aryl methyl sites for hydroxylation is 1. The normalized spacial score (nSPS) is 10.0. The van der Waals surface area contributed by atoms with Gasteiger partial charge in [0.15, 0.2) is 0 Å². The quantitative estimate of drug-likeness (QED) is 0.386. The van der Waals surface area contributed by atoms with Crippen molar-refractivity contribution in [3.05, 3.63) is 17.2 Å². The molecule has 3 nitrogen and oxygen atoms in total. The smallest absolute Gasteiger partial charge is 0.143 e. The Kier molecular flexibility index (Phi) is 1.64. The van der Waals surface area contributed by atoms with Crippen molar-refractivity contribution in [2.24, 2.45) is 0 Å². The Hall–Kier alpha value is -1.38. The average Bonchev–Trinajstić information content (AvgIpc) is 1.97. The summed E-state index contributed by atoms with van der Waals surface area (Å²) in [5.74, 6) is 0.0908. The first-order chi connectivity index (χ1) is 5.04. The Morgan fingerprint density at radius 3 is 2.36 bits per heavy atom. The van der Waals surface area contributed by atoms with Gasteiger partial charge < -0.3 is 16.6 Å². The molecule has 0 atom stereocenters. The van der Waals surface area contributed by atoms with Crippen LogP contribution in [0.5, 0.6) is 5.75 Å². The van der Waals surface area contributed by atoms with E-state index >= 15 is 0 Å². The van der Waals surface area contributed by atoms with Gasteiger partial charge in [0.05, 0.1) is 5.69 Å². The fourth-order valence-electron chi connectivity index (χ4n) is 1.02. The fourth-order valence-corrected chi connectivity index (χ4v) is 1.02. The third kappa shape index (κ3) is 1.09.